The van der Waals surface area contributed by atoms with Gasteiger partial charge in [-0.3, -0.25) is 14.4 Å². The molecular formula is C64H112O6. The molecule has 1 atom stereocenters. The first-order valence-electron chi connectivity index (χ1n) is 29.9. The van der Waals surface area contributed by atoms with Crippen molar-refractivity contribution >= 4 is 17.9 Å². The first-order valence-corrected chi connectivity index (χ1v) is 29.9. The molecule has 0 radical (unpaired) electrons. The summed E-state index contributed by atoms with van der Waals surface area (Å²) in [7, 11) is 0. The molecule has 0 unspecified atom stereocenters. The SMILES string of the molecule is CC/C=C/C/C=C/C/C=C/C/C=C/C/C=C/C/C=C/CCC(=O)OC[C@@H](COC(=O)CCCCCCCCCCCCCCCCC)OC(=O)CCCCCCCCCCCCCCCCCCCC. The Hall–Kier alpha value is -3.15. The lowest BCUT2D eigenvalue weighted by Crippen LogP contribution is -2.30. The second kappa shape index (κ2) is 58.4. The third-order valence-electron chi connectivity index (χ3n) is 13.0. The van der Waals surface area contributed by atoms with E-state index in [1.54, 1.807) is 0 Å². The van der Waals surface area contributed by atoms with Gasteiger partial charge in [-0.1, -0.05) is 293 Å². The first kappa shape index (κ1) is 66.9. The molecular weight excluding hydrogens is 865 g/mol. The molecule has 0 aliphatic carbocycles. The fourth-order valence-corrected chi connectivity index (χ4v) is 8.53. The van der Waals surface area contributed by atoms with Gasteiger partial charge < -0.3 is 14.2 Å². The first-order chi connectivity index (χ1) is 34.5. The number of ether oxygens (including phenoxy) is 3. The average molecular weight is 978 g/mol. The Bertz CT molecular complexity index is 1310. The topological polar surface area (TPSA) is 78.9 Å². The van der Waals surface area contributed by atoms with Gasteiger partial charge in [0, 0.05) is 19.3 Å². The molecule has 0 bridgehead atoms. The van der Waals surface area contributed by atoms with Crippen molar-refractivity contribution in [2.45, 2.75) is 303 Å². The number of unbranched alkanes of at least 4 members (excludes halogenated alkanes) is 31. The van der Waals surface area contributed by atoms with Crippen LogP contribution in [0.1, 0.15) is 297 Å². The van der Waals surface area contributed by atoms with Gasteiger partial charge in [0.25, 0.3) is 0 Å². The van der Waals surface area contributed by atoms with Crippen LogP contribution >= 0.6 is 0 Å². The van der Waals surface area contributed by atoms with Crippen molar-refractivity contribution in [2.75, 3.05) is 13.2 Å². The minimum atomic E-state index is -0.803. The van der Waals surface area contributed by atoms with E-state index in [9.17, 15) is 14.4 Å². The van der Waals surface area contributed by atoms with Crippen LogP contribution in [0.25, 0.3) is 0 Å². The Labute approximate surface area is 433 Å². The number of esters is 3. The summed E-state index contributed by atoms with van der Waals surface area (Å²) in [5.74, 6) is -0.967. The molecule has 404 valence electrons. The molecule has 70 heavy (non-hydrogen) atoms. The minimum Gasteiger partial charge on any atom is -0.462 e. The molecule has 0 aromatic carbocycles. The van der Waals surface area contributed by atoms with Crippen LogP contribution in [0.2, 0.25) is 0 Å². The van der Waals surface area contributed by atoms with Gasteiger partial charge in [-0.25, -0.2) is 0 Å². The highest BCUT2D eigenvalue weighted by Gasteiger charge is 2.19. The summed E-state index contributed by atoms with van der Waals surface area (Å²) >= 11 is 0. The largest absolute Gasteiger partial charge is 0.462 e. The number of carbonyl (C=O) groups is 3. The third-order valence-corrected chi connectivity index (χ3v) is 13.0. The van der Waals surface area contributed by atoms with Crippen molar-refractivity contribution in [1.29, 1.82) is 0 Å². The molecule has 0 amide bonds. The molecule has 0 aromatic heterocycles. The highest BCUT2D eigenvalue weighted by Crippen LogP contribution is 2.17. The van der Waals surface area contributed by atoms with Crippen molar-refractivity contribution in [3.63, 3.8) is 0 Å². The van der Waals surface area contributed by atoms with E-state index in [0.29, 0.717) is 19.3 Å². The summed E-state index contributed by atoms with van der Waals surface area (Å²) in [5.41, 5.74) is 0. The Kier molecular flexibility index (Phi) is 55.8. The van der Waals surface area contributed by atoms with Crippen molar-refractivity contribution in [3.05, 3.63) is 72.9 Å². The normalized spacial score (nSPS) is 12.6. The van der Waals surface area contributed by atoms with Crippen LogP contribution in [-0.4, -0.2) is 37.2 Å². The van der Waals surface area contributed by atoms with Crippen LogP contribution in [0.4, 0.5) is 0 Å². The molecule has 0 heterocycles. The van der Waals surface area contributed by atoms with E-state index in [0.717, 1.165) is 77.0 Å². The number of allylic oxidation sites excluding steroid dienone is 12. The van der Waals surface area contributed by atoms with Crippen molar-refractivity contribution in [3.8, 4) is 0 Å². The standard InChI is InChI=1S/C64H112O6/c1-4-7-10-13-16-19-22-25-28-30-32-34-36-39-42-45-48-51-54-57-63(66)69-60-61(59-68-62(65)56-53-50-47-44-41-38-35-27-24-21-18-15-12-9-6-3)70-64(67)58-55-52-49-46-43-40-37-33-31-29-26-23-20-17-14-11-8-5-2/h7,10,16,19,25,28,32,34,39,42,48,51,61H,4-6,8-9,11-15,17-18,20-24,26-27,29-31,33,35-38,40-41,43-47,49-50,52-60H2,1-3H3/b10-7+,19-16+,28-25+,34-32+,42-39+,51-48+/t61-/m1/s1. The van der Waals surface area contributed by atoms with Gasteiger partial charge in [-0.2, -0.15) is 0 Å². The Morgan fingerprint density at radius 2 is 0.557 bits per heavy atom. The molecule has 0 rings (SSSR count). The maximum atomic E-state index is 12.9. The minimum absolute atomic E-state index is 0.0944. The summed E-state index contributed by atoms with van der Waals surface area (Å²) in [5, 5.41) is 0. The molecule has 0 aromatic rings. The van der Waals surface area contributed by atoms with E-state index in [4.69, 9.17) is 14.2 Å². The number of hydrogen-bond acceptors (Lipinski definition) is 6. The molecule has 0 N–H and O–H groups in total. The van der Waals surface area contributed by atoms with E-state index in [1.165, 1.54) is 173 Å². The summed E-state index contributed by atoms with van der Waals surface area (Å²) < 4.78 is 16.8. The molecule has 0 spiro atoms. The van der Waals surface area contributed by atoms with Crippen molar-refractivity contribution < 1.29 is 28.6 Å². The van der Waals surface area contributed by atoms with Gasteiger partial charge in [0.2, 0.25) is 0 Å². The number of hydrogen-bond donors (Lipinski definition) is 0. The molecule has 6 nitrogen and oxygen atoms in total. The Balaban J connectivity index is 4.45. The van der Waals surface area contributed by atoms with E-state index in [2.05, 4.69) is 87.6 Å². The lowest BCUT2D eigenvalue weighted by atomic mass is 10.0. The molecule has 0 aliphatic rings. The molecule has 0 aliphatic heterocycles. The highest BCUT2D eigenvalue weighted by molar-refractivity contribution is 5.71. The Morgan fingerprint density at radius 1 is 0.300 bits per heavy atom. The Morgan fingerprint density at radius 3 is 0.871 bits per heavy atom. The van der Waals surface area contributed by atoms with Gasteiger partial charge in [0.15, 0.2) is 6.10 Å². The zero-order valence-corrected chi connectivity index (χ0v) is 46.3. The van der Waals surface area contributed by atoms with Crippen LogP contribution in [0, 0.1) is 0 Å². The summed E-state index contributed by atoms with van der Waals surface area (Å²) in [6.07, 6.45) is 74.8. The van der Waals surface area contributed by atoms with E-state index in [1.807, 2.05) is 6.08 Å². The van der Waals surface area contributed by atoms with Gasteiger partial charge in [0.1, 0.15) is 13.2 Å². The van der Waals surface area contributed by atoms with E-state index in [-0.39, 0.29) is 37.5 Å². The second-order valence-electron chi connectivity index (χ2n) is 19.9. The maximum Gasteiger partial charge on any atom is 0.306 e. The van der Waals surface area contributed by atoms with Crippen molar-refractivity contribution in [2.24, 2.45) is 0 Å². The lowest BCUT2D eigenvalue weighted by Gasteiger charge is -2.18. The van der Waals surface area contributed by atoms with Crippen LogP contribution < -0.4 is 0 Å². The predicted octanol–water partition coefficient (Wildman–Crippen LogP) is 20.2. The lowest BCUT2D eigenvalue weighted by molar-refractivity contribution is -0.166. The number of carbonyl (C=O) groups excluding carboxylic acids is 3. The average Bonchev–Trinajstić information content (AvgIpc) is 3.36. The van der Waals surface area contributed by atoms with E-state index < -0.39 is 6.10 Å². The third kappa shape index (κ3) is 55.8. The van der Waals surface area contributed by atoms with E-state index >= 15 is 0 Å². The highest BCUT2D eigenvalue weighted by atomic mass is 16.6. The fourth-order valence-electron chi connectivity index (χ4n) is 8.53. The summed E-state index contributed by atoms with van der Waals surface area (Å²) in [4.78, 5) is 38.2. The summed E-state index contributed by atoms with van der Waals surface area (Å²) in [6.45, 7) is 6.50. The monoisotopic (exact) mass is 977 g/mol. The number of rotatable bonds is 54. The zero-order valence-electron chi connectivity index (χ0n) is 46.3. The molecule has 0 saturated heterocycles. The van der Waals surface area contributed by atoms with Crippen LogP contribution in [0.15, 0.2) is 72.9 Å². The van der Waals surface area contributed by atoms with Crippen molar-refractivity contribution in [1.82, 2.24) is 0 Å². The second-order valence-corrected chi connectivity index (χ2v) is 19.9. The summed E-state index contributed by atoms with van der Waals surface area (Å²) in [6, 6.07) is 0. The molecule has 6 heteroatoms. The predicted molar refractivity (Wildman–Crippen MR) is 302 cm³/mol. The molecule has 0 fully saturated rings. The smallest absolute Gasteiger partial charge is 0.306 e. The van der Waals surface area contributed by atoms with Gasteiger partial charge in [-0.15, -0.1) is 0 Å². The van der Waals surface area contributed by atoms with Gasteiger partial charge >= 0.3 is 17.9 Å². The van der Waals surface area contributed by atoms with Crippen LogP contribution in [0.3, 0.4) is 0 Å². The molecule has 0 saturated carbocycles. The van der Waals surface area contributed by atoms with Gasteiger partial charge in [-0.05, 0) is 57.8 Å². The quantitative estimate of drug-likeness (QED) is 0.0261. The van der Waals surface area contributed by atoms with Crippen LogP contribution in [0.5, 0.6) is 0 Å². The zero-order chi connectivity index (χ0) is 50.7. The fraction of sp³-hybridized carbons (Fsp3) is 0.766. The van der Waals surface area contributed by atoms with Gasteiger partial charge in [0.05, 0.1) is 0 Å². The maximum absolute atomic E-state index is 12.9. The van der Waals surface area contributed by atoms with Crippen LogP contribution in [-0.2, 0) is 28.6 Å².